The molecule has 2 amide bonds. The molecule has 0 spiro atoms. The molecule has 3 rings (SSSR count). The Morgan fingerprint density at radius 1 is 1.32 bits per heavy atom. The molecule has 4 N–H and O–H groups in total. The largest absolute Gasteiger partial charge is 0.465 e. The highest BCUT2D eigenvalue weighted by Crippen LogP contribution is 2.31. The highest BCUT2D eigenvalue weighted by Gasteiger charge is 2.11. The summed E-state index contributed by atoms with van der Waals surface area (Å²) >= 11 is 1.43. The standard InChI is InChI=1S/C18H18N6O3S/c1-2-27-15(25)8-21-18(26)23-12-5-3-4-11(6-12)14-9-28-17(24-14)13-7-20-10-22-16(13)19/h3-7,9-10H,2,8H2,1H3,(H2,19,20,22)(H2,21,23,26). The van der Waals surface area contributed by atoms with E-state index in [1.54, 1.807) is 31.3 Å². The first-order valence-electron chi connectivity index (χ1n) is 8.39. The molecule has 2 aromatic heterocycles. The summed E-state index contributed by atoms with van der Waals surface area (Å²) in [6, 6.07) is 6.70. The zero-order chi connectivity index (χ0) is 19.9. The van der Waals surface area contributed by atoms with Crippen molar-refractivity contribution in [2.75, 3.05) is 24.2 Å². The number of carbonyl (C=O) groups excluding carboxylic acids is 2. The Kier molecular flexibility index (Phi) is 6.12. The molecule has 0 aliphatic carbocycles. The number of nitrogen functional groups attached to an aromatic ring is 1. The number of nitrogens with two attached hydrogens (primary N) is 1. The number of carbonyl (C=O) groups is 2. The first-order chi connectivity index (χ1) is 13.6. The van der Waals surface area contributed by atoms with E-state index in [2.05, 4.69) is 25.6 Å². The van der Waals surface area contributed by atoms with Crippen molar-refractivity contribution >= 4 is 34.8 Å². The number of hydrogen-bond acceptors (Lipinski definition) is 8. The summed E-state index contributed by atoms with van der Waals surface area (Å²) in [5, 5.41) is 7.71. The van der Waals surface area contributed by atoms with Gasteiger partial charge >= 0.3 is 12.0 Å². The molecule has 28 heavy (non-hydrogen) atoms. The van der Waals surface area contributed by atoms with E-state index in [1.165, 1.54) is 17.7 Å². The van der Waals surface area contributed by atoms with Crippen LogP contribution >= 0.6 is 11.3 Å². The zero-order valence-electron chi connectivity index (χ0n) is 15.0. The summed E-state index contributed by atoms with van der Waals surface area (Å²) in [5.41, 5.74) is 8.67. The second-order valence-corrected chi connectivity index (χ2v) is 6.41. The summed E-state index contributed by atoms with van der Waals surface area (Å²) in [7, 11) is 0. The normalized spacial score (nSPS) is 10.3. The molecule has 10 heteroatoms. The molecule has 9 nitrogen and oxygen atoms in total. The number of thiazole rings is 1. The third-order valence-electron chi connectivity index (χ3n) is 3.59. The Hall–Kier alpha value is -3.53. The Morgan fingerprint density at radius 3 is 2.96 bits per heavy atom. The van der Waals surface area contributed by atoms with E-state index in [0.717, 1.165) is 11.3 Å². The number of nitrogens with one attached hydrogen (secondary N) is 2. The first-order valence-corrected chi connectivity index (χ1v) is 9.27. The van der Waals surface area contributed by atoms with Crippen molar-refractivity contribution in [2.24, 2.45) is 0 Å². The predicted molar refractivity (Wildman–Crippen MR) is 107 cm³/mol. The van der Waals surface area contributed by atoms with Crippen molar-refractivity contribution in [3.63, 3.8) is 0 Å². The van der Waals surface area contributed by atoms with Gasteiger partial charge in [0.1, 0.15) is 23.7 Å². The van der Waals surface area contributed by atoms with Crippen LogP contribution in [0.2, 0.25) is 0 Å². The molecule has 0 saturated carbocycles. The van der Waals surface area contributed by atoms with Crippen LogP contribution in [0.25, 0.3) is 21.8 Å². The number of anilines is 2. The van der Waals surface area contributed by atoms with Gasteiger partial charge in [0.05, 0.1) is 17.9 Å². The fraction of sp³-hybridized carbons (Fsp3) is 0.167. The highest BCUT2D eigenvalue weighted by molar-refractivity contribution is 7.13. The second kappa shape index (κ2) is 8.91. The van der Waals surface area contributed by atoms with Crippen molar-refractivity contribution in [1.82, 2.24) is 20.3 Å². The monoisotopic (exact) mass is 398 g/mol. The molecule has 0 bridgehead atoms. The smallest absolute Gasteiger partial charge is 0.325 e. The number of benzene rings is 1. The van der Waals surface area contributed by atoms with Crippen LogP contribution in [-0.4, -0.2) is 40.1 Å². The van der Waals surface area contributed by atoms with E-state index in [-0.39, 0.29) is 13.2 Å². The fourth-order valence-corrected chi connectivity index (χ4v) is 3.18. The molecule has 0 radical (unpaired) electrons. The average molecular weight is 398 g/mol. The topological polar surface area (TPSA) is 132 Å². The molecule has 3 aromatic rings. The van der Waals surface area contributed by atoms with Gasteiger partial charge in [-0.2, -0.15) is 0 Å². The van der Waals surface area contributed by atoms with Gasteiger partial charge in [0.2, 0.25) is 0 Å². The van der Waals surface area contributed by atoms with Gasteiger partial charge in [0.25, 0.3) is 0 Å². The summed E-state index contributed by atoms with van der Waals surface area (Å²) in [4.78, 5) is 35.7. The van der Waals surface area contributed by atoms with Gasteiger partial charge in [-0.1, -0.05) is 12.1 Å². The van der Waals surface area contributed by atoms with Crippen LogP contribution in [0.4, 0.5) is 16.3 Å². The third-order valence-corrected chi connectivity index (χ3v) is 4.47. The van der Waals surface area contributed by atoms with Crippen molar-refractivity contribution in [1.29, 1.82) is 0 Å². The number of hydrogen-bond donors (Lipinski definition) is 3. The molecule has 0 fully saturated rings. The lowest BCUT2D eigenvalue weighted by Gasteiger charge is -2.08. The third kappa shape index (κ3) is 4.80. The van der Waals surface area contributed by atoms with Crippen LogP contribution in [0.3, 0.4) is 0 Å². The summed E-state index contributed by atoms with van der Waals surface area (Å²) in [5.74, 6) is -0.129. The van der Waals surface area contributed by atoms with Gasteiger partial charge in [0, 0.05) is 22.8 Å². The van der Waals surface area contributed by atoms with Crippen LogP contribution < -0.4 is 16.4 Å². The van der Waals surface area contributed by atoms with Crippen LogP contribution in [-0.2, 0) is 9.53 Å². The lowest BCUT2D eigenvalue weighted by molar-refractivity contribution is -0.141. The molecule has 1 aromatic carbocycles. The molecule has 0 unspecified atom stereocenters. The average Bonchev–Trinajstić information content (AvgIpc) is 3.17. The molecule has 0 aliphatic rings. The molecule has 2 heterocycles. The van der Waals surface area contributed by atoms with Crippen LogP contribution in [0.1, 0.15) is 6.92 Å². The van der Waals surface area contributed by atoms with E-state index >= 15 is 0 Å². The number of urea groups is 1. The number of nitrogens with zero attached hydrogens (tertiary/aromatic N) is 3. The number of ether oxygens (including phenoxy) is 1. The maximum Gasteiger partial charge on any atom is 0.325 e. The van der Waals surface area contributed by atoms with Gasteiger partial charge in [-0.15, -0.1) is 11.3 Å². The van der Waals surface area contributed by atoms with Crippen molar-refractivity contribution < 1.29 is 14.3 Å². The number of esters is 1. The van der Waals surface area contributed by atoms with Gasteiger partial charge < -0.3 is 21.1 Å². The van der Waals surface area contributed by atoms with Crippen LogP contribution in [0.15, 0.2) is 42.2 Å². The fourth-order valence-electron chi connectivity index (χ4n) is 2.33. The minimum absolute atomic E-state index is 0.199. The van der Waals surface area contributed by atoms with Crippen LogP contribution in [0, 0.1) is 0 Å². The number of rotatable bonds is 6. The predicted octanol–water partition coefficient (Wildman–Crippen LogP) is 2.53. The summed E-state index contributed by atoms with van der Waals surface area (Å²) in [6.45, 7) is 1.77. The first kappa shape index (κ1) is 19.2. The molecule has 0 saturated heterocycles. The van der Waals surface area contributed by atoms with Gasteiger partial charge in [0.15, 0.2) is 0 Å². The minimum atomic E-state index is -0.502. The molecule has 0 aliphatic heterocycles. The Labute approximate surface area is 165 Å². The Bertz CT molecular complexity index is 991. The molecule has 0 atom stereocenters. The van der Waals surface area contributed by atoms with Crippen molar-refractivity contribution in [3.8, 4) is 21.8 Å². The molecular formula is C18H18N6O3S. The number of amides is 2. The maximum atomic E-state index is 11.9. The van der Waals surface area contributed by atoms with Crippen LogP contribution in [0.5, 0.6) is 0 Å². The van der Waals surface area contributed by atoms with Gasteiger partial charge in [-0.3, -0.25) is 4.79 Å². The summed E-state index contributed by atoms with van der Waals surface area (Å²) in [6.07, 6.45) is 3.01. The SMILES string of the molecule is CCOC(=O)CNC(=O)Nc1cccc(-c2csc(-c3cncnc3N)n2)c1. The minimum Gasteiger partial charge on any atom is -0.465 e. The van der Waals surface area contributed by atoms with E-state index in [1.807, 2.05) is 11.4 Å². The second-order valence-electron chi connectivity index (χ2n) is 5.55. The van der Waals surface area contributed by atoms with E-state index in [9.17, 15) is 9.59 Å². The quantitative estimate of drug-likeness (QED) is 0.544. The zero-order valence-corrected chi connectivity index (χ0v) is 15.8. The maximum absolute atomic E-state index is 11.9. The Balaban J connectivity index is 1.69. The lowest BCUT2D eigenvalue weighted by atomic mass is 10.1. The molecule has 144 valence electrons. The highest BCUT2D eigenvalue weighted by atomic mass is 32.1. The van der Waals surface area contributed by atoms with E-state index < -0.39 is 12.0 Å². The van der Waals surface area contributed by atoms with Crippen molar-refractivity contribution in [2.45, 2.75) is 6.92 Å². The number of aromatic nitrogens is 3. The van der Waals surface area contributed by atoms with Crippen molar-refractivity contribution in [3.05, 3.63) is 42.2 Å². The van der Waals surface area contributed by atoms with Gasteiger partial charge in [-0.05, 0) is 19.1 Å². The van der Waals surface area contributed by atoms with E-state index in [0.29, 0.717) is 22.1 Å². The van der Waals surface area contributed by atoms with Gasteiger partial charge in [-0.25, -0.2) is 19.7 Å². The van der Waals surface area contributed by atoms with E-state index in [4.69, 9.17) is 10.5 Å². The lowest BCUT2D eigenvalue weighted by Crippen LogP contribution is -2.34. The summed E-state index contributed by atoms with van der Waals surface area (Å²) < 4.78 is 4.76. The Morgan fingerprint density at radius 2 is 2.18 bits per heavy atom. The molecular weight excluding hydrogens is 380 g/mol.